The highest BCUT2D eigenvalue weighted by atomic mass is 32.2. The fourth-order valence-electron chi connectivity index (χ4n) is 3.44. The SMILES string of the molecule is Cc1cc(C)c(Nc2nc(C)ccc2S(=O)(=O)c2ccc(OCCCO)cc2)c(C)c1. The van der Waals surface area contributed by atoms with Gasteiger partial charge in [0.05, 0.1) is 11.5 Å². The van der Waals surface area contributed by atoms with Gasteiger partial charge in [-0.05, 0) is 75.2 Å². The number of sulfone groups is 1. The molecule has 1 heterocycles. The van der Waals surface area contributed by atoms with E-state index in [0.29, 0.717) is 24.6 Å². The minimum absolute atomic E-state index is 0.0442. The number of aliphatic hydroxyl groups is 1. The zero-order valence-corrected chi connectivity index (χ0v) is 19.1. The van der Waals surface area contributed by atoms with Crippen LogP contribution >= 0.6 is 0 Å². The van der Waals surface area contributed by atoms with Gasteiger partial charge in [-0.25, -0.2) is 13.4 Å². The van der Waals surface area contributed by atoms with Gasteiger partial charge < -0.3 is 15.2 Å². The van der Waals surface area contributed by atoms with Crippen molar-refractivity contribution in [2.24, 2.45) is 0 Å². The van der Waals surface area contributed by atoms with E-state index < -0.39 is 9.84 Å². The average Bonchev–Trinajstić information content (AvgIpc) is 2.71. The summed E-state index contributed by atoms with van der Waals surface area (Å²) in [6.07, 6.45) is 0.516. The van der Waals surface area contributed by atoms with Crippen molar-refractivity contribution < 1.29 is 18.3 Å². The second kappa shape index (κ2) is 9.49. The van der Waals surface area contributed by atoms with Crippen molar-refractivity contribution in [1.29, 1.82) is 0 Å². The summed E-state index contributed by atoms with van der Waals surface area (Å²) in [5, 5.41) is 12.1. The van der Waals surface area contributed by atoms with E-state index in [1.165, 1.54) is 12.1 Å². The predicted molar refractivity (Wildman–Crippen MR) is 122 cm³/mol. The van der Waals surface area contributed by atoms with Gasteiger partial charge in [-0.1, -0.05) is 17.7 Å². The van der Waals surface area contributed by atoms with Crippen molar-refractivity contribution in [3.63, 3.8) is 0 Å². The molecule has 0 spiro atoms. The number of rotatable bonds is 8. The fourth-order valence-corrected chi connectivity index (χ4v) is 4.79. The molecule has 0 aliphatic rings. The van der Waals surface area contributed by atoms with Crippen LogP contribution in [0.25, 0.3) is 0 Å². The Kier molecular flexibility index (Phi) is 6.97. The molecule has 0 aliphatic carbocycles. The Balaban J connectivity index is 1.97. The highest BCUT2D eigenvalue weighted by Gasteiger charge is 2.23. The average molecular weight is 441 g/mol. The van der Waals surface area contributed by atoms with Crippen molar-refractivity contribution in [1.82, 2.24) is 4.98 Å². The number of benzene rings is 2. The molecule has 3 aromatic rings. The molecular formula is C24H28N2O4S. The number of ether oxygens (including phenoxy) is 1. The van der Waals surface area contributed by atoms with E-state index in [4.69, 9.17) is 9.84 Å². The van der Waals surface area contributed by atoms with Crippen LogP contribution in [-0.2, 0) is 9.84 Å². The molecule has 164 valence electrons. The molecule has 0 bridgehead atoms. The van der Waals surface area contributed by atoms with Gasteiger partial charge in [-0.2, -0.15) is 0 Å². The molecule has 2 aromatic carbocycles. The second-order valence-electron chi connectivity index (χ2n) is 7.60. The normalized spacial score (nSPS) is 11.4. The van der Waals surface area contributed by atoms with Gasteiger partial charge in [0.2, 0.25) is 9.84 Å². The Morgan fingerprint density at radius 2 is 1.61 bits per heavy atom. The molecule has 1 aromatic heterocycles. The number of pyridine rings is 1. The molecule has 0 saturated heterocycles. The van der Waals surface area contributed by atoms with Crippen LogP contribution in [0.15, 0.2) is 58.3 Å². The van der Waals surface area contributed by atoms with Crippen LogP contribution in [0.1, 0.15) is 28.8 Å². The number of nitrogens with one attached hydrogen (secondary N) is 1. The molecule has 0 saturated carbocycles. The summed E-state index contributed by atoms with van der Waals surface area (Å²) in [5.74, 6) is 0.858. The van der Waals surface area contributed by atoms with Gasteiger partial charge in [0.1, 0.15) is 16.5 Å². The van der Waals surface area contributed by atoms with Crippen LogP contribution in [0.2, 0.25) is 0 Å². The number of aliphatic hydroxyl groups excluding tert-OH is 1. The summed E-state index contributed by atoms with van der Waals surface area (Å²) in [4.78, 5) is 4.77. The fraction of sp³-hybridized carbons (Fsp3) is 0.292. The number of anilines is 2. The van der Waals surface area contributed by atoms with E-state index in [-0.39, 0.29) is 16.4 Å². The lowest BCUT2D eigenvalue weighted by atomic mass is 10.1. The molecule has 0 aliphatic heterocycles. The molecule has 0 amide bonds. The first kappa shape index (κ1) is 22.8. The van der Waals surface area contributed by atoms with E-state index in [1.54, 1.807) is 24.3 Å². The van der Waals surface area contributed by atoms with Gasteiger partial charge >= 0.3 is 0 Å². The molecular weight excluding hydrogens is 412 g/mol. The third kappa shape index (κ3) is 5.24. The largest absolute Gasteiger partial charge is 0.494 e. The lowest BCUT2D eigenvalue weighted by Crippen LogP contribution is -2.09. The van der Waals surface area contributed by atoms with Crippen LogP contribution in [0.3, 0.4) is 0 Å². The minimum Gasteiger partial charge on any atom is -0.494 e. The summed E-state index contributed by atoms with van der Waals surface area (Å²) in [6.45, 7) is 8.25. The molecule has 31 heavy (non-hydrogen) atoms. The summed E-state index contributed by atoms with van der Waals surface area (Å²) in [7, 11) is -3.80. The topological polar surface area (TPSA) is 88.5 Å². The van der Waals surface area contributed by atoms with Gasteiger partial charge in [0.15, 0.2) is 0 Å². The first-order chi connectivity index (χ1) is 14.7. The van der Waals surface area contributed by atoms with Gasteiger partial charge in [-0.15, -0.1) is 0 Å². The summed E-state index contributed by atoms with van der Waals surface area (Å²) < 4.78 is 32.3. The number of nitrogens with zero attached hydrogens (tertiary/aromatic N) is 1. The van der Waals surface area contributed by atoms with Crippen LogP contribution in [-0.4, -0.2) is 31.7 Å². The van der Waals surface area contributed by atoms with Gasteiger partial charge in [0, 0.05) is 24.4 Å². The molecule has 0 unspecified atom stereocenters. The third-order valence-corrected chi connectivity index (χ3v) is 6.71. The maximum absolute atomic E-state index is 13.4. The minimum atomic E-state index is -3.80. The van der Waals surface area contributed by atoms with Crippen molar-refractivity contribution in [2.45, 2.75) is 43.9 Å². The summed E-state index contributed by atoms with van der Waals surface area (Å²) in [5.41, 5.74) is 4.76. The number of hydrogen-bond acceptors (Lipinski definition) is 6. The van der Waals surface area contributed by atoms with Crippen LogP contribution in [0.4, 0.5) is 11.5 Å². The van der Waals surface area contributed by atoms with Crippen molar-refractivity contribution >= 4 is 21.3 Å². The van der Waals surface area contributed by atoms with E-state index in [2.05, 4.69) is 22.4 Å². The lowest BCUT2D eigenvalue weighted by Gasteiger charge is -2.17. The van der Waals surface area contributed by atoms with Gasteiger partial charge in [-0.3, -0.25) is 0 Å². The quantitative estimate of drug-likeness (QED) is 0.496. The van der Waals surface area contributed by atoms with Crippen molar-refractivity contribution in [2.75, 3.05) is 18.5 Å². The Morgan fingerprint density at radius 1 is 0.968 bits per heavy atom. The Morgan fingerprint density at radius 3 is 2.23 bits per heavy atom. The molecule has 3 rings (SSSR count). The molecule has 7 heteroatoms. The highest BCUT2D eigenvalue weighted by molar-refractivity contribution is 7.91. The number of aryl methyl sites for hydroxylation is 4. The third-order valence-electron chi connectivity index (χ3n) is 4.91. The predicted octanol–water partition coefficient (Wildman–Crippen LogP) is 4.65. The molecule has 0 atom stereocenters. The summed E-state index contributed by atoms with van der Waals surface area (Å²) in [6, 6.07) is 13.7. The van der Waals surface area contributed by atoms with E-state index >= 15 is 0 Å². The maximum atomic E-state index is 13.4. The molecule has 0 fully saturated rings. The Hall–Kier alpha value is -2.90. The van der Waals surface area contributed by atoms with Crippen LogP contribution in [0, 0.1) is 27.7 Å². The summed E-state index contributed by atoms with van der Waals surface area (Å²) >= 11 is 0. The molecule has 6 nitrogen and oxygen atoms in total. The standard InChI is InChI=1S/C24H28N2O4S/c1-16-14-17(2)23(18(3)15-16)26-24-22(11-6-19(4)25-24)31(28,29)21-9-7-20(8-10-21)30-13-5-12-27/h6-11,14-15,27H,5,12-13H2,1-4H3,(H,25,26). The first-order valence-corrected chi connectivity index (χ1v) is 11.6. The maximum Gasteiger partial charge on any atom is 0.210 e. The zero-order chi connectivity index (χ0) is 22.6. The van der Waals surface area contributed by atoms with Crippen LogP contribution in [0.5, 0.6) is 5.75 Å². The van der Waals surface area contributed by atoms with Crippen molar-refractivity contribution in [3.05, 3.63) is 70.9 Å². The highest BCUT2D eigenvalue weighted by Crippen LogP contribution is 2.32. The van der Waals surface area contributed by atoms with Crippen molar-refractivity contribution in [3.8, 4) is 5.75 Å². The molecule has 0 radical (unpaired) electrons. The molecule has 2 N–H and O–H groups in total. The van der Waals surface area contributed by atoms with E-state index in [0.717, 1.165) is 28.1 Å². The number of aromatic nitrogens is 1. The van der Waals surface area contributed by atoms with Crippen LogP contribution < -0.4 is 10.1 Å². The Bertz CT molecular complexity index is 1150. The monoisotopic (exact) mass is 440 g/mol. The number of hydrogen-bond donors (Lipinski definition) is 2. The van der Waals surface area contributed by atoms with E-state index in [1.807, 2.05) is 27.7 Å². The van der Waals surface area contributed by atoms with E-state index in [9.17, 15) is 8.42 Å². The smallest absolute Gasteiger partial charge is 0.210 e. The second-order valence-corrected chi connectivity index (χ2v) is 9.52. The first-order valence-electron chi connectivity index (χ1n) is 10.1. The lowest BCUT2D eigenvalue weighted by molar-refractivity contribution is 0.233. The van der Waals surface area contributed by atoms with Gasteiger partial charge in [0.25, 0.3) is 0 Å². The zero-order valence-electron chi connectivity index (χ0n) is 18.3. The Labute approximate surface area is 183 Å².